The lowest BCUT2D eigenvalue weighted by Crippen LogP contribution is -2.10. The quantitative estimate of drug-likeness (QED) is 0.877. The molecule has 0 radical (unpaired) electrons. The smallest absolute Gasteiger partial charge is 0.339 e. The molecule has 6 heteroatoms. The van der Waals surface area contributed by atoms with Crippen LogP contribution >= 0.6 is 0 Å². The molecule has 0 saturated carbocycles. The van der Waals surface area contributed by atoms with Crippen LogP contribution in [0.1, 0.15) is 5.56 Å². The van der Waals surface area contributed by atoms with E-state index in [0.717, 1.165) is 5.56 Å². The van der Waals surface area contributed by atoms with Crippen LogP contribution in [0.3, 0.4) is 0 Å². The molecule has 0 aliphatic heterocycles. The fourth-order valence-electron chi connectivity index (χ4n) is 1.62. The van der Waals surface area contributed by atoms with E-state index in [1.165, 1.54) is 37.4 Å². The lowest BCUT2D eigenvalue weighted by molar-refractivity contribution is 0.390. The lowest BCUT2D eigenvalue weighted by Gasteiger charge is -2.11. The van der Waals surface area contributed by atoms with Crippen molar-refractivity contribution in [3.8, 4) is 17.2 Å². The molecular weight excluding hydrogens is 280 g/mol. The van der Waals surface area contributed by atoms with E-state index >= 15 is 0 Å². The lowest BCUT2D eigenvalue weighted by atomic mass is 10.2. The number of phenolic OH excluding ortho intramolecular Hbond substituents is 1. The summed E-state index contributed by atoms with van der Waals surface area (Å²) < 4.78 is 34.4. The maximum atomic E-state index is 12.1. The molecule has 0 bridgehead atoms. The van der Waals surface area contributed by atoms with Gasteiger partial charge in [0.2, 0.25) is 0 Å². The van der Waals surface area contributed by atoms with Gasteiger partial charge in [0.25, 0.3) is 0 Å². The van der Waals surface area contributed by atoms with E-state index in [4.69, 9.17) is 14.0 Å². The Labute approximate surface area is 117 Å². The first-order valence-corrected chi connectivity index (χ1v) is 7.21. The first-order valence-electron chi connectivity index (χ1n) is 5.80. The Balaban J connectivity index is 2.35. The predicted octanol–water partition coefficient (Wildman–Crippen LogP) is 2.48. The summed E-state index contributed by atoms with van der Waals surface area (Å²) in [5, 5.41) is 9.17. The molecular formula is C14H14O5S. The number of hydrogen-bond donors (Lipinski definition) is 1. The summed E-state index contributed by atoms with van der Waals surface area (Å²) in [6.07, 6.45) is 0. The second kappa shape index (κ2) is 5.42. The molecule has 0 saturated heterocycles. The third-order valence-corrected chi connectivity index (χ3v) is 3.89. The molecule has 5 nitrogen and oxygen atoms in total. The third kappa shape index (κ3) is 3.03. The van der Waals surface area contributed by atoms with Crippen LogP contribution in [0.4, 0.5) is 0 Å². The minimum Gasteiger partial charge on any atom is -0.508 e. The minimum absolute atomic E-state index is 0.0168. The van der Waals surface area contributed by atoms with Crippen molar-refractivity contribution in [3.63, 3.8) is 0 Å². The van der Waals surface area contributed by atoms with Crippen molar-refractivity contribution in [2.75, 3.05) is 7.11 Å². The van der Waals surface area contributed by atoms with Gasteiger partial charge in [-0.3, -0.25) is 0 Å². The van der Waals surface area contributed by atoms with Crippen LogP contribution in [-0.4, -0.2) is 20.6 Å². The fraction of sp³-hybridized carbons (Fsp3) is 0.143. The Morgan fingerprint density at radius 1 is 1.00 bits per heavy atom. The van der Waals surface area contributed by atoms with Crippen LogP contribution in [0.5, 0.6) is 17.2 Å². The van der Waals surface area contributed by atoms with Gasteiger partial charge in [0.15, 0.2) is 11.5 Å². The molecule has 0 amide bonds. The van der Waals surface area contributed by atoms with E-state index in [2.05, 4.69) is 0 Å². The SMILES string of the molecule is COc1cc(C)ccc1OS(=O)(=O)c1ccc(O)cc1. The number of rotatable bonds is 4. The highest BCUT2D eigenvalue weighted by atomic mass is 32.2. The zero-order valence-corrected chi connectivity index (χ0v) is 11.8. The Bertz CT molecular complexity index is 705. The summed E-state index contributed by atoms with van der Waals surface area (Å²) in [6, 6.07) is 10.0. The predicted molar refractivity (Wildman–Crippen MR) is 73.7 cm³/mol. The second-order valence-electron chi connectivity index (χ2n) is 4.19. The maximum absolute atomic E-state index is 12.1. The number of phenols is 1. The number of benzene rings is 2. The number of ether oxygens (including phenoxy) is 1. The molecule has 0 spiro atoms. The Hall–Kier alpha value is -2.21. The Morgan fingerprint density at radius 3 is 2.25 bits per heavy atom. The number of aryl methyl sites for hydroxylation is 1. The largest absolute Gasteiger partial charge is 0.508 e. The van der Waals surface area contributed by atoms with Crippen molar-refractivity contribution in [2.24, 2.45) is 0 Å². The van der Waals surface area contributed by atoms with E-state index in [-0.39, 0.29) is 16.4 Å². The van der Waals surface area contributed by atoms with Gasteiger partial charge in [-0.25, -0.2) is 0 Å². The first-order chi connectivity index (χ1) is 9.42. The van der Waals surface area contributed by atoms with Crippen LogP contribution < -0.4 is 8.92 Å². The van der Waals surface area contributed by atoms with Crippen LogP contribution in [0.2, 0.25) is 0 Å². The molecule has 1 N–H and O–H groups in total. The number of hydrogen-bond acceptors (Lipinski definition) is 5. The van der Waals surface area contributed by atoms with Crippen molar-refractivity contribution in [3.05, 3.63) is 48.0 Å². The minimum atomic E-state index is -3.97. The second-order valence-corrected chi connectivity index (χ2v) is 5.73. The molecule has 0 heterocycles. The zero-order chi connectivity index (χ0) is 14.8. The van der Waals surface area contributed by atoms with E-state index in [1.807, 2.05) is 6.92 Å². The van der Waals surface area contributed by atoms with Gasteiger partial charge in [-0.2, -0.15) is 8.42 Å². The molecule has 2 aromatic carbocycles. The monoisotopic (exact) mass is 294 g/mol. The molecule has 20 heavy (non-hydrogen) atoms. The van der Waals surface area contributed by atoms with E-state index in [9.17, 15) is 8.42 Å². The van der Waals surface area contributed by atoms with Crippen molar-refractivity contribution in [1.29, 1.82) is 0 Å². The molecule has 0 unspecified atom stereocenters. The summed E-state index contributed by atoms with van der Waals surface area (Å²) in [5.74, 6) is 0.440. The highest BCUT2D eigenvalue weighted by molar-refractivity contribution is 7.87. The highest BCUT2D eigenvalue weighted by Crippen LogP contribution is 2.30. The first kappa shape index (κ1) is 14.2. The van der Waals surface area contributed by atoms with Gasteiger partial charge >= 0.3 is 10.1 Å². The molecule has 106 valence electrons. The molecule has 0 fully saturated rings. The average molecular weight is 294 g/mol. The van der Waals surface area contributed by atoms with Crippen LogP contribution in [0.25, 0.3) is 0 Å². The summed E-state index contributed by atoms with van der Waals surface area (Å²) in [6.45, 7) is 1.86. The summed E-state index contributed by atoms with van der Waals surface area (Å²) in [4.78, 5) is -0.0436. The Kier molecular flexibility index (Phi) is 3.85. The van der Waals surface area contributed by atoms with Crippen molar-refractivity contribution >= 4 is 10.1 Å². The Morgan fingerprint density at radius 2 is 1.65 bits per heavy atom. The zero-order valence-electron chi connectivity index (χ0n) is 11.0. The topological polar surface area (TPSA) is 72.8 Å². The van der Waals surface area contributed by atoms with E-state index in [0.29, 0.717) is 5.75 Å². The van der Waals surface area contributed by atoms with Crippen LogP contribution in [-0.2, 0) is 10.1 Å². The molecule has 2 aromatic rings. The molecule has 0 aromatic heterocycles. The highest BCUT2D eigenvalue weighted by Gasteiger charge is 2.19. The molecule has 2 rings (SSSR count). The number of methoxy groups -OCH3 is 1. The fourth-order valence-corrected chi connectivity index (χ4v) is 2.56. The van der Waals surface area contributed by atoms with Crippen LogP contribution in [0.15, 0.2) is 47.4 Å². The third-order valence-electron chi connectivity index (χ3n) is 2.64. The van der Waals surface area contributed by atoms with Gasteiger partial charge in [0.05, 0.1) is 7.11 Å². The van der Waals surface area contributed by atoms with E-state index < -0.39 is 10.1 Å². The number of aromatic hydroxyl groups is 1. The van der Waals surface area contributed by atoms with Crippen molar-refractivity contribution in [1.82, 2.24) is 0 Å². The van der Waals surface area contributed by atoms with Gasteiger partial charge in [-0.15, -0.1) is 0 Å². The van der Waals surface area contributed by atoms with Gasteiger partial charge in [-0.05, 0) is 48.9 Å². The normalized spacial score (nSPS) is 11.1. The van der Waals surface area contributed by atoms with Gasteiger partial charge in [0.1, 0.15) is 10.6 Å². The van der Waals surface area contributed by atoms with E-state index in [1.54, 1.807) is 12.1 Å². The molecule has 0 atom stereocenters. The molecule has 0 aliphatic carbocycles. The summed E-state index contributed by atoms with van der Waals surface area (Å²) >= 11 is 0. The van der Waals surface area contributed by atoms with Gasteiger partial charge < -0.3 is 14.0 Å². The van der Waals surface area contributed by atoms with Crippen molar-refractivity contribution in [2.45, 2.75) is 11.8 Å². The maximum Gasteiger partial charge on any atom is 0.339 e. The van der Waals surface area contributed by atoms with Crippen LogP contribution in [0, 0.1) is 6.92 Å². The summed E-state index contributed by atoms with van der Waals surface area (Å²) in [7, 11) is -2.53. The molecule has 0 aliphatic rings. The van der Waals surface area contributed by atoms with Crippen molar-refractivity contribution < 1.29 is 22.4 Å². The standard InChI is InChI=1S/C14H14O5S/c1-10-3-8-13(14(9-10)18-2)19-20(16,17)12-6-4-11(15)5-7-12/h3-9,15H,1-2H3. The van der Waals surface area contributed by atoms with Gasteiger partial charge in [0, 0.05) is 0 Å². The van der Waals surface area contributed by atoms with Gasteiger partial charge in [-0.1, -0.05) is 6.07 Å². The average Bonchev–Trinajstić information content (AvgIpc) is 2.41. The summed E-state index contributed by atoms with van der Waals surface area (Å²) in [5.41, 5.74) is 0.927.